The summed E-state index contributed by atoms with van der Waals surface area (Å²) < 4.78 is 2.10. The zero-order valence-electron chi connectivity index (χ0n) is 16.7. The van der Waals surface area contributed by atoms with Crippen LogP contribution in [-0.4, -0.2) is 77.4 Å². The van der Waals surface area contributed by atoms with Crippen LogP contribution in [0, 0.1) is 5.92 Å². The number of likely N-dealkylation sites (N-methyl/N-ethyl adjacent to an activating group) is 1. The van der Waals surface area contributed by atoms with E-state index >= 15 is 0 Å². The van der Waals surface area contributed by atoms with Crippen LogP contribution >= 0.6 is 0 Å². The Morgan fingerprint density at radius 2 is 1.88 bits per heavy atom. The van der Waals surface area contributed by atoms with Crippen molar-refractivity contribution in [1.29, 1.82) is 0 Å². The van der Waals surface area contributed by atoms with Gasteiger partial charge in [-0.15, -0.1) is 0 Å². The molecule has 2 bridgehead atoms. The largest absolute Gasteiger partial charge is 0.348 e. The van der Waals surface area contributed by atoms with Crippen LogP contribution in [0.3, 0.4) is 0 Å². The third-order valence-electron chi connectivity index (χ3n) is 5.62. The molecule has 0 N–H and O–H groups in total. The van der Waals surface area contributed by atoms with Gasteiger partial charge in [0.25, 0.3) is 5.91 Å². The minimum Gasteiger partial charge on any atom is -0.348 e. The molecular weight excluding hydrogens is 328 g/mol. The fraction of sp³-hybridized carbons (Fsp3) is 0.700. The smallest absolute Gasteiger partial charge is 0.255 e. The molecule has 26 heavy (non-hydrogen) atoms. The number of hydrogen-bond donors (Lipinski definition) is 0. The van der Waals surface area contributed by atoms with Crippen LogP contribution in [0.4, 0.5) is 0 Å². The van der Waals surface area contributed by atoms with Crippen LogP contribution in [0.25, 0.3) is 0 Å². The van der Waals surface area contributed by atoms with E-state index in [1.54, 1.807) is 19.0 Å². The number of piperidine rings is 1. The monoisotopic (exact) mass is 360 g/mol. The lowest BCUT2D eigenvalue weighted by Gasteiger charge is -2.36. The van der Waals surface area contributed by atoms with E-state index in [0.717, 1.165) is 38.0 Å². The van der Waals surface area contributed by atoms with E-state index in [2.05, 4.69) is 35.1 Å². The average molecular weight is 361 g/mol. The maximum absolute atomic E-state index is 13.1. The van der Waals surface area contributed by atoms with Gasteiger partial charge >= 0.3 is 0 Å². The molecule has 4 heterocycles. The molecule has 0 saturated carbocycles. The first-order valence-electron chi connectivity index (χ1n) is 9.57. The Morgan fingerprint density at radius 3 is 2.50 bits per heavy atom. The molecule has 2 atom stereocenters. The van der Waals surface area contributed by atoms with Crippen molar-refractivity contribution in [3.8, 4) is 0 Å². The average Bonchev–Trinajstić information content (AvgIpc) is 2.91. The summed E-state index contributed by atoms with van der Waals surface area (Å²) in [6.45, 7) is 9.35. The minimum atomic E-state index is -0.0281. The quantitative estimate of drug-likeness (QED) is 0.827. The Kier molecular flexibility index (Phi) is 5.15. The molecule has 6 nitrogen and oxygen atoms in total. The van der Waals surface area contributed by atoms with Gasteiger partial charge in [0.05, 0.1) is 12.1 Å². The van der Waals surface area contributed by atoms with Gasteiger partial charge in [-0.1, -0.05) is 0 Å². The highest BCUT2D eigenvalue weighted by atomic mass is 16.2. The summed E-state index contributed by atoms with van der Waals surface area (Å²) in [4.78, 5) is 31.2. The summed E-state index contributed by atoms with van der Waals surface area (Å²) >= 11 is 0. The van der Waals surface area contributed by atoms with Crippen molar-refractivity contribution in [3.63, 3.8) is 0 Å². The van der Waals surface area contributed by atoms with Gasteiger partial charge < -0.3 is 14.4 Å². The van der Waals surface area contributed by atoms with Gasteiger partial charge in [0.15, 0.2) is 0 Å². The van der Waals surface area contributed by atoms with Crippen molar-refractivity contribution >= 4 is 11.8 Å². The molecule has 0 unspecified atom stereocenters. The van der Waals surface area contributed by atoms with Gasteiger partial charge in [-0.25, -0.2) is 0 Å². The number of fused-ring (bicyclic) bond motifs is 4. The van der Waals surface area contributed by atoms with Gasteiger partial charge in [-0.05, 0) is 45.6 Å². The second-order valence-electron chi connectivity index (χ2n) is 9.02. The first kappa shape index (κ1) is 19.0. The molecule has 1 aromatic heterocycles. The van der Waals surface area contributed by atoms with Crippen LogP contribution in [0.5, 0.6) is 0 Å². The van der Waals surface area contributed by atoms with E-state index in [1.165, 1.54) is 0 Å². The van der Waals surface area contributed by atoms with E-state index in [0.29, 0.717) is 12.5 Å². The third-order valence-corrected chi connectivity index (χ3v) is 5.62. The predicted molar refractivity (Wildman–Crippen MR) is 102 cm³/mol. The molecule has 4 rings (SSSR count). The van der Waals surface area contributed by atoms with E-state index < -0.39 is 0 Å². The summed E-state index contributed by atoms with van der Waals surface area (Å²) in [5.74, 6) is 0.715. The topological polar surface area (TPSA) is 48.8 Å². The highest BCUT2D eigenvalue weighted by Gasteiger charge is 2.38. The molecule has 1 aromatic rings. The molecule has 2 amide bonds. The Hall–Kier alpha value is -1.82. The summed E-state index contributed by atoms with van der Waals surface area (Å²) in [5, 5.41) is 0. The molecule has 3 aliphatic rings. The van der Waals surface area contributed by atoms with Crippen molar-refractivity contribution in [3.05, 3.63) is 24.0 Å². The second kappa shape index (κ2) is 7.06. The highest BCUT2D eigenvalue weighted by Crippen LogP contribution is 2.29. The molecule has 0 aliphatic carbocycles. The van der Waals surface area contributed by atoms with Crippen molar-refractivity contribution in [1.82, 2.24) is 19.3 Å². The zero-order chi connectivity index (χ0) is 19.1. The number of carbonyl (C=O) groups is 2. The lowest BCUT2D eigenvalue weighted by atomic mass is 9.94. The SMILES string of the molecule is CN(C)C(=O)CN1C[C@@H]2CC[C@H](C1)N(C(=O)c1ccn(C(C)(C)C)c1)C2. The summed E-state index contributed by atoms with van der Waals surface area (Å²) in [6.07, 6.45) is 6.13. The number of nitrogens with zero attached hydrogens (tertiary/aromatic N) is 4. The number of amides is 2. The van der Waals surface area contributed by atoms with Gasteiger partial charge in [0.2, 0.25) is 5.91 Å². The molecule has 0 aromatic carbocycles. The summed E-state index contributed by atoms with van der Waals surface area (Å²) in [5.41, 5.74) is 0.739. The maximum atomic E-state index is 13.1. The normalized spacial score (nSPS) is 23.8. The molecule has 144 valence electrons. The molecule has 0 spiro atoms. The fourth-order valence-corrected chi connectivity index (χ4v) is 4.00. The fourth-order valence-electron chi connectivity index (χ4n) is 4.00. The summed E-state index contributed by atoms with van der Waals surface area (Å²) in [6, 6.07) is 2.13. The van der Waals surface area contributed by atoms with Crippen LogP contribution in [0.2, 0.25) is 0 Å². The van der Waals surface area contributed by atoms with Crippen LogP contribution < -0.4 is 0 Å². The first-order valence-corrected chi connectivity index (χ1v) is 9.57. The molecule has 3 fully saturated rings. The number of aromatic nitrogens is 1. The van der Waals surface area contributed by atoms with Gasteiger partial charge in [-0.2, -0.15) is 0 Å². The Balaban J connectivity index is 1.73. The minimum absolute atomic E-state index is 0.0281. The lowest BCUT2D eigenvalue weighted by molar-refractivity contribution is -0.129. The van der Waals surface area contributed by atoms with Crippen molar-refractivity contribution in [2.75, 3.05) is 40.3 Å². The summed E-state index contributed by atoms with van der Waals surface area (Å²) in [7, 11) is 3.59. The molecule has 0 radical (unpaired) electrons. The Morgan fingerprint density at radius 1 is 1.15 bits per heavy atom. The van der Waals surface area contributed by atoms with Crippen LogP contribution in [0.1, 0.15) is 44.0 Å². The lowest BCUT2D eigenvalue weighted by Crippen LogP contribution is -2.47. The van der Waals surface area contributed by atoms with E-state index in [1.807, 2.05) is 18.5 Å². The number of carbonyl (C=O) groups excluding carboxylic acids is 2. The molecule has 6 heteroatoms. The Labute approximate surface area is 156 Å². The molecular formula is C20H32N4O2. The standard InChI is InChI=1S/C20H32N4O2/c1-20(2,3)23-9-8-16(12-23)19(26)24-11-15-6-7-17(24)13-22(10-15)14-18(25)21(4)5/h8-9,12,15,17H,6-7,10-11,13-14H2,1-5H3/t15-,17+/m0/s1. The number of hydrogen-bond acceptors (Lipinski definition) is 3. The molecule has 3 saturated heterocycles. The van der Waals surface area contributed by atoms with Crippen molar-refractivity contribution < 1.29 is 9.59 Å². The van der Waals surface area contributed by atoms with Gasteiger partial charge in [0, 0.05) is 57.7 Å². The van der Waals surface area contributed by atoms with Crippen molar-refractivity contribution in [2.45, 2.75) is 45.2 Å². The van der Waals surface area contributed by atoms with Gasteiger partial charge in [-0.3, -0.25) is 14.5 Å². The number of rotatable bonds is 3. The van der Waals surface area contributed by atoms with Crippen molar-refractivity contribution in [2.24, 2.45) is 5.92 Å². The van der Waals surface area contributed by atoms with Crippen LogP contribution in [-0.2, 0) is 10.3 Å². The van der Waals surface area contributed by atoms with E-state index in [4.69, 9.17) is 0 Å². The third kappa shape index (κ3) is 3.95. The maximum Gasteiger partial charge on any atom is 0.255 e. The van der Waals surface area contributed by atoms with Crippen LogP contribution in [0.15, 0.2) is 18.5 Å². The van der Waals surface area contributed by atoms with Gasteiger partial charge in [0.1, 0.15) is 0 Å². The second-order valence-corrected chi connectivity index (χ2v) is 9.02. The predicted octanol–water partition coefficient (Wildman–Crippen LogP) is 1.87. The van der Waals surface area contributed by atoms with E-state index in [9.17, 15) is 9.59 Å². The zero-order valence-corrected chi connectivity index (χ0v) is 16.7. The molecule has 3 aliphatic heterocycles. The highest BCUT2D eigenvalue weighted by molar-refractivity contribution is 5.94. The van der Waals surface area contributed by atoms with E-state index in [-0.39, 0.29) is 23.4 Å². The Bertz CT molecular complexity index is 674. The first-order chi connectivity index (χ1) is 12.1.